The summed E-state index contributed by atoms with van der Waals surface area (Å²) in [5.41, 5.74) is 2.26. The van der Waals surface area contributed by atoms with Gasteiger partial charge in [-0.2, -0.15) is 0 Å². The molecule has 3 nitrogen and oxygen atoms in total. The van der Waals surface area contributed by atoms with Gasteiger partial charge in [-0.05, 0) is 31.2 Å². The first kappa shape index (κ1) is 13.9. The number of para-hydroxylation sites is 1. The fraction of sp³-hybridized carbons (Fsp3) is 0.562. The van der Waals surface area contributed by atoms with Gasteiger partial charge in [0.1, 0.15) is 5.75 Å². The molecule has 1 amide bonds. The summed E-state index contributed by atoms with van der Waals surface area (Å²) in [5.74, 6) is 1.48. The Hall–Kier alpha value is -1.51. The number of carbonyl (C=O) groups excluding carboxylic acids is 1. The smallest absolute Gasteiger partial charge is 0.220 e. The number of ether oxygens (including phenoxy) is 1. The normalized spacial score (nSPS) is 18.4. The summed E-state index contributed by atoms with van der Waals surface area (Å²) in [4.78, 5) is 12.0. The van der Waals surface area contributed by atoms with Crippen LogP contribution in [0.2, 0.25) is 0 Å². The molecule has 1 atom stereocenters. The minimum Gasteiger partial charge on any atom is -0.493 e. The van der Waals surface area contributed by atoms with Crippen LogP contribution in [0, 0.1) is 12.8 Å². The maximum Gasteiger partial charge on any atom is 0.220 e. The lowest BCUT2D eigenvalue weighted by atomic mass is 9.99. The van der Waals surface area contributed by atoms with Crippen LogP contribution < -0.4 is 10.1 Å². The van der Waals surface area contributed by atoms with Gasteiger partial charge < -0.3 is 10.1 Å². The van der Waals surface area contributed by atoms with Gasteiger partial charge >= 0.3 is 0 Å². The summed E-state index contributed by atoms with van der Waals surface area (Å²) >= 11 is 0. The second-order valence-electron chi connectivity index (χ2n) is 5.70. The largest absolute Gasteiger partial charge is 0.493 e. The van der Waals surface area contributed by atoms with Gasteiger partial charge in [0.2, 0.25) is 5.91 Å². The highest BCUT2D eigenvalue weighted by atomic mass is 16.5. The van der Waals surface area contributed by atoms with E-state index < -0.39 is 0 Å². The molecule has 0 fully saturated rings. The second-order valence-corrected chi connectivity index (χ2v) is 5.70. The Morgan fingerprint density at radius 3 is 3.00 bits per heavy atom. The number of hydrogen-bond acceptors (Lipinski definition) is 2. The number of amides is 1. The number of rotatable bonds is 3. The number of fused-ring (bicyclic) bond motifs is 1. The average molecular weight is 261 g/mol. The van der Waals surface area contributed by atoms with Crippen molar-refractivity contribution in [3.05, 3.63) is 29.3 Å². The van der Waals surface area contributed by atoms with Crippen LogP contribution in [-0.2, 0) is 4.79 Å². The summed E-state index contributed by atoms with van der Waals surface area (Å²) in [6, 6.07) is 6.24. The van der Waals surface area contributed by atoms with Crippen LogP contribution in [-0.4, -0.2) is 12.5 Å². The summed E-state index contributed by atoms with van der Waals surface area (Å²) in [6.45, 7) is 6.91. The molecule has 0 aromatic heterocycles. The van der Waals surface area contributed by atoms with Crippen LogP contribution in [0.1, 0.15) is 50.3 Å². The van der Waals surface area contributed by atoms with Gasteiger partial charge in [0.05, 0.1) is 12.6 Å². The lowest BCUT2D eigenvalue weighted by molar-refractivity contribution is -0.122. The first-order valence-corrected chi connectivity index (χ1v) is 7.09. The van der Waals surface area contributed by atoms with E-state index in [2.05, 4.69) is 38.2 Å². The van der Waals surface area contributed by atoms with Crippen LogP contribution >= 0.6 is 0 Å². The summed E-state index contributed by atoms with van der Waals surface area (Å²) in [7, 11) is 0. The van der Waals surface area contributed by atoms with E-state index in [-0.39, 0.29) is 11.9 Å². The van der Waals surface area contributed by atoms with E-state index in [0.29, 0.717) is 12.3 Å². The van der Waals surface area contributed by atoms with Gasteiger partial charge in [-0.25, -0.2) is 0 Å². The molecule has 0 aliphatic carbocycles. The molecule has 1 aliphatic heterocycles. The monoisotopic (exact) mass is 261 g/mol. The minimum absolute atomic E-state index is 0.0867. The molecule has 1 unspecified atom stereocenters. The Bertz CT molecular complexity index is 454. The average Bonchev–Trinajstić information content (AvgIpc) is 2.52. The van der Waals surface area contributed by atoms with Gasteiger partial charge in [0.15, 0.2) is 0 Å². The minimum atomic E-state index is 0.0867. The molecule has 104 valence electrons. The highest BCUT2D eigenvalue weighted by Gasteiger charge is 2.22. The van der Waals surface area contributed by atoms with Crippen molar-refractivity contribution in [1.82, 2.24) is 5.32 Å². The number of benzene rings is 1. The predicted molar refractivity (Wildman–Crippen MR) is 76.2 cm³/mol. The van der Waals surface area contributed by atoms with Gasteiger partial charge in [-0.3, -0.25) is 4.79 Å². The van der Waals surface area contributed by atoms with Crippen molar-refractivity contribution in [3.63, 3.8) is 0 Å². The first-order chi connectivity index (χ1) is 9.08. The molecule has 0 spiro atoms. The van der Waals surface area contributed by atoms with Crippen LogP contribution in [0.5, 0.6) is 5.75 Å². The zero-order valence-electron chi connectivity index (χ0n) is 12.0. The fourth-order valence-electron chi connectivity index (χ4n) is 2.54. The Labute approximate surface area is 115 Å². The van der Waals surface area contributed by atoms with E-state index in [1.165, 1.54) is 0 Å². The van der Waals surface area contributed by atoms with E-state index in [0.717, 1.165) is 36.3 Å². The Morgan fingerprint density at radius 1 is 1.47 bits per heavy atom. The molecule has 1 N–H and O–H groups in total. The number of aryl methyl sites for hydroxylation is 1. The van der Waals surface area contributed by atoms with Crippen LogP contribution in [0.25, 0.3) is 0 Å². The van der Waals surface area contributed by atoms with Crippen molar-refractivity contribution in [1.29, 1.82) is 0 Å². The summed E-state index contributed by atoms with van der Waals surface area (Å²) in [6.07, 6.45) is 2.50. The Balaban J connectivity index is 2.18. The third-order valence-corrected chi connectivity index (χ3v) is 3.43. The number of carbonyl (C=O) groups is 1. The predicted octanol–water partition coefficient (Wildman–Crippen LogP) is 3.37. The second kappa shape index (κ2) is 6.09. The topological polar surface area (TPSA) is 38.3 Å². The molecule has 1 aromatic carbocycles. The number of nitrogens with one attached hydrogen (secondary N) is 1. The molecule has 1 heterocycles. The quantitative estimate of drug-likeness (QED) is 0.906. The van der Waals surface area contributed by atoms with Gasteiger partial charge in [0, 0.05) is 12.0 Å². The molecule has 1 aromatic rings. The van der Waals surface area contributed by atoms with E-state index in [1.54, 1.807) is 0 Å². The van der Waals surface area contributed by atoms with Gasteiger partial charge in [-0.15, -0.1) is 0 Å². The van der Waals surface area contributed by atoms with Crippen molar-refractivity contribution in [2.45, 2.75) is 46.1 Å². The molecule has 1 aliphatic rings. The van der Waals surface area contributed by atoms with Crippen LogP contribution in [0.15, 0.2) is 18.2 Å². The third kappa shape index (κ3) is 3.49. The third-order valence-electron chi connectivity index (χ3n) is 3.43. The Morgan fingerprint density at radius 2 is 2.26 bits per heavy atom. The summed E-state index contributed by atoms with van der Waals surface area (Å²) in [5, 5.41) is 3.15. The molecule has 19 heavy (non-hydrogen) atoms. The maximum absolute atomic E-state index is 12.0. The summed E-state index contributed by atoms with van der Waals surface area (Å²) < 4.78 is 5.82. The molecular weight excluding hydrogens is 238 g/mol. The molecule has 2 rings (SSSR count). The van der Waals surface area contributed by atoms with E-state index >= 15 is 0 Å². The van der Waals surface area contributed by atoms with Crippen molar-refractivity contribution < 1.29 is 9.53 Å². The highest BCUT2D eigenvalue weighted by Crippen LogP contribution is 2.34. The van der Waals surface area contributed by atoms with Crippen LogP contribution in [0.4, 0.5) is 0 Å². The lowest BCUT2D eigenvalue weighted by Crippen LogP contribution is -2.29. The van der Waals surface area contributed by atoms with Crippen molar-refractivity contribution >= 4 is 5.91 Å². The van der Waals surface area contributed by atoms with Crippen LogP contribution in [0.3, 0.4) is 0 Å². The Kier molecular flexibility index (Phi) is 4.46. The number of hydrogen-bond donors (Lipinski definition) is 1. The lowest BCUT2D eigenvalue weighted by Gasteiger charge is -2.20. The van der Waals surface area contributed by atoms with Crippen molar-refractivity contribution in [2.24, 2.45) is 5.92 Å². The zero-order chi connectivity index (χ0) is 13.8. The molecule has 0 bridgehead atoms. The SMILES string of the molecule is Cc1cccc2c1OCCCC2NC(=O)CC(C)C. The highest BCUT2D eigenvalue weighted by molar-refractivity contribution is 5.76. The molecule has 0 radical (unpaired) electrons. The molecule has 0 saturated carbocycles. The zero-order valence-corrected chi connectivity index (χ0v) is 12.0. The van der Waals surface area contributed by atoms with E-state index in [1.807, 2.05) is 6.07 Å². The molecule has 3 heteroatoms. The fourth-order valence-corrected chi connectivity index (χ4v) is 2.54. The van der Waals surface area contributed by atoms with Gasteiger partial charge in [0.25, 0.3) is 0 Å². The van der Waals surface area contributed by atoms with E-state index in [4.69, 9.17) is 4.74 Å². The van der Waals surface area contributed by atoms with Crippen molar-refractivity contribution in [2.75, 3.05) is 6.61 Å². The molecular formula is C16H23NO2. The van der Waals surface area contributed by atoms with E-state index in [9.17, 15) is 4.79 Å². The van der Waals surface area contributed by atoms with Crippen molar-refractivity contribution in [3.8, 4) is 5.75 Å². The first-order valence-electron chi connectivity index (χ1n) is 7.09. The standard InChI is InChI=1S/C16H23NO2/c1-11(2)10-15(18)17-14-8-5-9-19-16-12(3)6-4-7-13(14)16/h4,6-7,11,14H,5,8-10H2,1-3H3,(H,17,18). The molecule has 0 saturated heterocycles. The maximum atomic E-state index is 12.0. The van der Waals surface area contributed by atoms with Gasteiger partial charge in [-0.1, -0.05) is 32.0 Å².